The number of aromatic nitrogens is 2. The summed E-state index contributed by atoms with van der Waals surface area (Å²) in [5.74, 6) is 0.151. The molecule has 0 spiro atoms. The molecule has 20 heavy (non-hydrogen) atoms. The van der Waals surface area contributed by atoms with Crippen molar-refractivity contribution in [3.8, 4) is 0 Å². The van der Waals surface area contributed by atoms with E-state index in [0.717, 1.165) is 18.5 Å². The minimum absolute atomic E-state index is 0.155. The second-order valence-corrected chi connectivity index (χ2v) is 4.47. The average Bonchev–Trinajstić information content (AvgIpc) is 2.49. The molecule has 5 heteroatoms. The third-order valence-corrected chi connectivity index (χ3v) is 2.94. The molecule has 0 saturated carbocycles. The molecule has 5 nitrogen and oxygen atoms in total. The minimum atomic E-state index is -0.155. The van der Waals surface area contributed by atoms with Gasteiger partial charge in [-0.2, -0.15) is 0 Å². The van der Waals surface area contributed by atoms with Crippen LogP contribution in [0.4, 0.5) is 11.5 Å². The normalized spacial score (nSPS) is 10.2. The number of carbonyl (C=O) groups is 1. The second-order valence-electron chi connectivity index (χ2n) is 4.47. The van der Waals surface area contributed by atoms with Gasteiger partial charge in [0.15, 0.2) is 0 Å². The molecule has 0 aliphatic heterocycles. The van der Waals surface area contributed by atoms with Gasteiger partial charge in [-0.3, -0.25) is 4.79 Å². The molecule has 0 unspecified atom stereocenters. The van der Waals surface area contributed by atoms with Crippen LogP contribution in [0.25, 0.3) is 0 Å². The third-order valence-electron chi connectivity index (χ3n) is 2.94. The number of nitrogens with two attached hydrogens (primary N) is 1. The summed E-state index contributed by atoms with van der Waals surface area (Å²) < 4.78 is 0. The zero-order valence-corrected chi connectivity index (χ0v) is 11.5. The lowest BCUT2D eigenvalue weighted by Gasteiger charge is -2.22. The Morgan fingerprint density at radius 3 is 2.55 bits per heavy atom. The molecule has 0 fully saturated rings. The Labute approximate surface area is 118 Å². The fraction of sp³-hybridized carbons (Fsp3) is 0.267. The third kappa shape index (κ3) is 3.32. The van der Waals surface area contributed by atoms with Crippen molar-refractivity contribution >= 4 is 17.4 Å². The SMILES string of the molecule is CCCCN(C(=O)c1cnc(N)cn1)c1ccccc1. The van der Waals surface area contributed by atoms with Crippen molar-refractivity contribution < 1.29 is 4.79 Å². The Bertz CT molecular complexity index is 554. The molecule has 0 radical (unpaired) electrons. The van der Waals surface area contributed by atoms with Gasteiger partial charge in [-0.1, -0.05) is 31.5 Å². The van der Waals surface area contributed by atoms with E-state index in [4.69, 9.17) is 5.73 Å². The van der Waals surface area contributed by atoms with Crippen molar-refractivity contribution in [2.24, 2.45) is 0 Å². The highest BCUT2D eigenvalue weighted by atomic mass is 16.2. The van der Waals surface area contributed by atoms with Gasteiger partial charge in [0.2, 0.25) is 0 Å². The molecule has 0 saturated heterocycles. The van der Waals surface area contributed by atoms with Gasteiger partial charge in [0, 0.05) is 12.2 Å². The zero-order valence-electron chi connectivity index (χ0n) is 11.5. The lowest BCUT2D eigenvalue weighted by Crippen LogP contribution is -2.32. The van der Waals surface area contributed by atoms with Crippen molar-refractivity contribution in [1.82, 2.24) is 9.97 Å². The summed E-state index contributed by atoms with van der Waals surface area (Å²) in [6.45, 7) is 2.75. The van der Waals surface area contributed by atoms with Crippen LogP contribution in [0.15, 0.2) is 42.7 Å². The van der Waals surface area contributed by atoms with Gasteiger partial charge >= 0.3 is 0 Å². The Balaban J connectivity index is 2.26. The van der Waals surface area contributed by atoms with Crippen LogP contribution in [0.5, 0.6) is 0 Å². The van der Waals surface area contributed by atoms with Crippen LogP contribution in [0.2, 0.25) is 0 Å². The number of para-hydroxylation sites is 1. The monoisotopic (exact) mass is 270 g/mol. The molecule has 0 bridgehead atoms. The lowest BCUT2D eigenvalue weighted by molar-refractivity contribution is 0.0981. The van der Waals surface area contributed by atoms with Crippen LogP contribution in [0.3, 0.4) is 0 Å². The molecule has 0 aliphatic carbocycles. The van der Waals surface area contributed by atoms with Crippen LogP contribution in [0.1, 0.15) is 30.3 Å². The highest BCUT2D eigenvalue weighted by molar-refractivity contribution is 6.04. The number of carbonyl (C=O) groups excluding carboxylic acids is 1. The number of hydrogen-bond acceptors (Lipinski definition) is 4. The van der Waals surface area contributed by atoms with Crippen molar-refractivity contribution in [1.29, 1.82) is 0 Å². The minimum Gasteiger partial charge on any atom is -0.382 e. The van der Waals surface area contributed by atoms with Gasteiger partial charge in [0.05, 0.1) is 12.4 Å². The summed E-state index contributed by atoms with van der Waals surface area (Å²) >= 11 is 0. The van der Waals surface area contributed by atoms with Gasteiger partial charge in [0.25, 0.3) is 5.91 Å². The maximum atomic E-state index is 12.5. The number of anilines is 2. The van der Waals surface area contributed by atoms with E-state index >= 15 is 0 Å². The quantitative estimate of drug-likeness (QED) is 0.906. The first-order valence-corrected chi connectivity index (χ1v) is 6.66. The summed E-state index contributed by atoms with van der Waals surface area (Å²) in [7, 11) is 0. The van der Waals surface area contributed by atoms with Crippen LogP contribution >= 0.6 is 0 Å². The van der Waals surface area contributed by atoms with Gasteiger partial charge in [-0.15, -0.1) is 0 Å². The molecule has 0 aliphatic rings. The number of hydrogen-bond donors (Lipinski definition) is 1. The van der Waals surface area contributed by atoms with Crippen molar-refractivity contribution in [3.63, 3.8) is 0 Å². The highest BCUT2D eigenvalue weighted by Gasteiger charge is 2.18. The second kappa shape index (κ2) is 6.65. The number of benzene rings is 1. The first kappa shape index (κ1) is 14.0. The molecular weight excluding hydrogens is 252 g/mol. The van der Waals surface area contributed by atoms with E-state index in [-0.39, 0.29) is 5.91 Å². The van der Waals surface area contributed by atoms with E-state index in [1.165, 1.54) is 12.4 Å². The van der Waals surface area contributed by atoms with Crippen LogP contribution in [-0.4, -0.2) is 22.4 Å². The smallest absolute Gasteiger partial charge is 0.278 e. The van der Waals surface area contributed by atoms with Gasteiger partial charge in [0.1, 0.15) is 11.5 Å². The molecule has 2 N–H and O–H groups in total. The maximum Gasteiger partial charge on any atom is 0.278 e. The standard InChI is InChI=1S/C15H18N4O/c1-2-3-9-19(12-7-5-4-6-8-12)15(20)13-10-18-14(16)11-17-13/h4-8,10-11H,2-3,9H2,1H3,(H2,16,18). The predicted octanol–water partition coefficient (Wildman–Crippen LogP) is 2.51. The first-order valence-electron chi connectivity index (χ1n) is 6.66. The molecule has 1 aromatic heterocycles. The van der Waals surface area contributed by atoms with E-state index in [9.17, 15) is 4.79 Å². The number of nitrogen functional groups attached to an aromatic ring is 1. The summed E-state index contributed by atoms with van der Waals surface area (Å²) in [5.41, 5.74) is 6.67. The Hall–Kier alpha value is -2.43. The molecule has 0 atom stereocenters. The fourth-order valence-electron chi connectivity index (χ4n) is 1.86. The summed E-state index contributed by atoms with van der Waals surface area (Å²) in [4.78, 5) is 22.2. The number of unbranched alkanes of at least 4 members (excludes halogenated alkanes) is 1. The molecule has 2 aromatic rings. The lowest BCUT2D eigenvalue weighted by atomic mass is 10.2. The van der Waals surface area contributed by atoms with Gasteiger partial charge in [-0.05, 0) is 18.6 Å². The summed E-state index contributed by atoms with van der Waals surface area (Å²) in [5, 5.41) is 0. The molecule has 1 amide bonds. The van der Waals surface area contributed by atoms with Gasteiger partial charge in [-0.25, -0.2) is 9.97 Å². The molecule has 104 valence electrons. The van der Waals surface area contributed by atoms with Crippen LogP contribution in [-0.2, 0) is 0 Å². The summed E-state index contributed by atoms with van der Waals surface area (Å²) in [6, 6.07) is 9.58. The van der Waals surface area contributed by atoms with Crippen molar-refractivity contribution in [2.45, 2.75) is 19.8 Å². The molecule has 1 aromatic carbocycles. The van der Waals surface area contributed by atoms with E-state index in [2.05, 4.69) is 16.9 Å². The molecular formula is C15H18N4O. The zero-order chi connectivity index (χ0) is 14.4. The highest BCUT2D eigenvalue weighted by Crippen LogP contribution is 2.16. The van der Waals surface area contributed by atoms with Gasteiger partial charge < -0.3 is 10.6 Å². The maximum absolute atomic E-state index is 12.5. The van der Waals surface area contributed by atoms with Crippen molar-refractivity contribution in [3.05, 3.63) is 48.4 Å². The number of amides is 1. The number of nitrogens with zero attached hydrogens (tertiary/aromatic N) is 3. The topological polar surface area (TPSA) is 72.1 Å². The van der Waals surface area contributed by atoms with E-state index in [1.807, 2.05) is 30.3 Å². The molecule has 2 rings (SSSR count). The first-order chi connectivity index (χ1) is 9.72. The van der Waals surface area contributed by atoms with E-state index < -0.39 is 0 Å². The van der Waals surface area contributed by atoms with E-state index in [1.54, 1.807) is 4.90 Å². The fourth-order valence-corrected chi connectivity index (χ4v) is 1.86. The predicted molar refractivity (Wildman–Crippen MR) is 79.5 cm³/mol. The Morgan fingerprint density at radius 2 is 1.95 bits per heavy atom. The average molecular weight is 270 g/mol. The Kier molecular flexibility index (Phi) is 4.65. The van der Waals surface area contributed by atoms with Crippen LogP contribution < -0.4 is 10.6 Å². The molecule has 1 heterocycles. The number of rotatable bonds is 5. The largest absolute Gasteiger partial charge is 0.382 e. The Morgan fingerprint density at radius 1 is 1.20 bits per heavy atom. The van der Waals surface area contributed by atoms with E-state index in [0.29, 0.717) is 18.1 Å². The summed E-state index contributed by atoms with van der Waals surface area (Å²) in [6.07, 6.45) is 4.77. The van der Waals surface area contributed by atoms with Crippen molar-refractivity contribution in [2.75, 3.05) is 17.2 Å². The van der Waals surface area contributed by atoms with Crippen LogP contribution in [0, 0.1) is 0 Å².